The number of carbonyl (C=O) groups excluding carboxylic acids is 2. The van der Waals surface area contributed by atoms with Gasteiger partial charge < -0.3 is 10.6 Å². The van der Waals surface area contributed by atoms with Crippen molar-refractivity contribution >= 4 is 17.5 Å². The average Bonchev–Trinajstić information content (AvgIpc) is 2.47. The van der Waals surface area contributed by atoms with E-state index in [4.69, 9.17) is 0 Å². The zero-order valence-corrected chi connectivity index (χ0v) is 12.8. The Balaban J connectivity index is 1.91. The minimum atomic E-state index is -0.110. The Morgan fingerprint density at radius 1 is 1.05 bits per heavy atom. The van der Waals surface area contributed by atoms with Crippen molar-refractivity contribution in [2.75, 3.05) is 5.32 Å². The zero-order chi connectivity index (χ0) is 15.9. The molecule has 114 valence electrons. The molecule has 22 heavy (non-hydrogen) atoms. The Bertz CT molecular complexity index is 680. The monoisotopic (exact) mass is 296 g/mol. The molecule has 0 aliphatic heterocycles. The summed E-state index contributed by atoms with van der Waals surface area (Å²) >= 11 is 0. The fourth-order valence-corrected chi connectivity index (χ4v) is 2.21. The Morgan fingerprint density at radius 2 is 1.82 bits per heavy atom. The lowest BCUT2D eigenvalue weighted by Gasteiger charge is -2.09. The largest absolute Gasteiger partial charge is 0.352 e. The number of nitrogens with one attached hydrogen (secondary N) is 2. The van der Waals surface area contributed by atoms with Crippen LogP contribution in [0.3, 0.4) is 0 Å². The molecule has 0 atom stereocenters. The van der Waals surface area contributed by atoms with Crippen molar-refractivity contribution in [3.05, 3.63) is 65.2 Å². The van der Waals surface area contributed by atoms with E-state index in [9.17, 15) is 9.59 Å². The van der Waals surface area contributed by atoms with Crippen LogP contribution in [0.1, 0.15) is 23.6 Å². The highest BCUT2D eigenvalue weighted by molar-refractivity contribution is 5.88. The lowest BCUT2D eigenvalue weighted by molar-refractivity contribution is -0.120. The second-order valence-electron chi connectivity index (χ2n) is 5.26. The molecule has 0 saturated carbocycles. The van der Waals surface area contributed by atoms with Gasteiger partial charge in [0, 0.05) is 19.2 Å². The van der Waals surface area contributed by atoms with Crippen molar-refractivity contribution in [2.24, 2.45) is 0 Å². The first kappa shape index (κ1) is 15.8. The van der Waals surface area contributed by atoms with Gasteiger partial charge in [-0.05, 0) is 35.7 Å². The second-order valence-corrected chi connectivity index (χ2v) is 5.26. The number of amides is 2. The van der Waals surface area contributed by atoms with Crippen LogP contribution < -0.4 is 10.6 Å². The third-order valence-corrected chi connectivity index (χ3v) is 3.35. The molecule has 4 nitrogen and oxygen atoms in total. The standard InChI is InChI=1S/C18H20N2O2/c1-13-6-3-4-8-16(13)11-18(22)19-12-15-7-5-9-17(10-15)20-14(2)21/h3-10H,11-12H2,1-2H3,(H,19,22)(H,20,21). The maximum atomic E-state index is 12.0. The number of hydrogen-bond donors (Lipinski definition) is 2. The van der Waals surface area contributed by atoms with E-state index in [1.54, 1.807) is 0 Å². The average molecular weight is 296 g/mol. The van der Waals surface area contributed by atoms with Crippen LogP contribution in [0.2, 0.25) is 0 Å². The van der Waals surface area contributed by atoms with Crippen LogP contribution in [0.15, 0.2) is 48.5 Å². The zero-order valence-electron chi connectivity index (χ0n) is 12.8. The summed E-state index contributed by atoms with van der Waals surface area (Å²) in [6.45, 7) is 3.91. The van der Waals surface area contributed by atoms with Gasteiger partial charge in [-0.25, -0.2) is 0 Å². The molecule has 0 fully saturated rings. The minimum Gasteiger partial charge on any atom is -0.352 e. The van der Waals surface area contributed by atoms with Crippen LogP contribution in [-0.4, -0.2) is 11.8 Å². The van der Waals surface area contributed by atoms with Crippen molar-refractivity contribution < 1.29 is 9.59 Å². The van der Waals surface area contributed by atoms with Crippen LogP contribution in [0.5, 0.6) is 0 Å². The van der Waals surface area contributed by atoms with E-state index in [0.717, 1.165) is 22.4 Å². The first-order valence-electron chi connectivity index (χ1n) is 7.22. The minimum absolute atomic E-state index is 0.0146. The highest BCUT2D eigenvalue weighted by atomic mass is 16.2. The van der Waals surface area contributed by atoms with Gasteiger partial charge in [-0.3, -0.25) is 9.59 Å². The molecule has 0 saturated heterocycles. The fraction of sp³-hybridized carbons (Fsp3) is 0.222. The van der Waals surface area contributed by atoms with Crippen LogP contribution in [0.25, 0.3) is 0 Å². The fourth-order valence-electron chi connectivity index (χ4n) is 2.21. The highest BCUT2D eigenvalue weighted by Gasteiger charge is 2.05. The van der Waals surface area contributed by atoms with Crippen LogP contribution in [-0.2, 0) is 22.6 Å². The van der Waals surface area contributed by atoms with Crippen molar-refractivity contribution in [1.82, 2.24) is 5.32 Å². The van der Waals surface area contributed by atoms with E-state index in [1.165, 1.54) is 6.92 Å². The Hall–Kier alpha value is -2.62. The van der Waals surface area contributed by atoms with Crippen molar-refractivity contribution in [3.8, 4) is 0 Å². The second kappa shape index (κ2) is 7.41. The van der Waals surface area contributed by atoms with Crippen LogP contribution in [0, 0.1) is 6.92 Å². The predicted molar refractivity (Wildman–Crippen MR) is 87.5 cm³/mol. The van der Waals surface area contributed by atoms with Crippen molar-refractivity contribution in [1.29, 1.82) is 0 Å². The lowest BCUT2D eigenvalue weighted by Crippen LogP contribution is -2.24. The number of hydrogen-bond acceptors (Lipinski definition) is 2. The van der Waals surface area contributed by atoms with Gasteiger partial charge in [-0.1, -0.05) is 36.4 Å². The first-order valence-corrected chi connectivity index (χ1v) is 7.22. The number of benzene rings is 2. The molecule has 2 aromatic carbocycles. The summed E-state index contributed by atoms with van der Waals surface area (Å²) in [5, 5.41) is 5.63. The van der Waals surface area contributed by atoms with Gasteiger partial charge in [0.2, 0.25) is 11.8 Å². The molecule has 2 amide bonds. The molecule has 2 rings (SSSR count). The molecule has 0 unspecified atom stereocenters. The number of carbonyl (C=O) groups is 2. The summed E-state index contributed by atoms with van der Waals surface area (Å²) in [7, 11) is 0. The Morgan fingerprint density at radius 3 is 2.55 bits per heavy atom. The van der Waals surface area contributed by atoms with Crippen LogP contribution in [0.4, 0.5) is 5.69 Å². The molecule has 0 spiro atoms. The summed E-state index contributed by atoms with van der Waals surface area (Å²) in [4.78, 5) is 23.1. The Labute approximate surface area is 130 Å². The molecule has 0 radical (unpaired) electrons. The van der Waals surface area contributed by atoms with Gasteiger partial charge in [0.25, 0.3) is 0 Å². The molecule has 2 N–H and O–H groups in total. The van der Waals surface area contributed by atoms with Gasteiger partial charge in [0.1, 0.15) is 0 Å². The van der Waals surface area contributed by atoms with E-state index in [0.29, 0.717) is 13.0 Å². The topological polar surface area (TPSA) is 58.2 Å². The van der Waals surface area contributed by atoms with Gasteiger partial charge in [0.15, 0.2) is 0 Å². The van der Waals surface area contributed by atoms with E-state index in [-0.39, 0.29) is 11.8 Å². The highest BCUT2D eigenvalue weighted by Crippen LogP contribution is 2.11. The number of anilines is 1. The maximum absolute atomic E-state index is 12.0. The van der Waals surface area contributed by atoms with E-state index in [2.05, 4.69) is 10.6 Å². The van der Waals surface area contributed by atoms with Gasteiger partial charge in [-0.15, -0.1) is 0 Å². The summed E-state index contributed by atoms with van der Waals surface area (Å²) in [5.41, 5.74) is 3.83. The predicted octanol–water partition coefficient (Wildman–Crippen LogP) is 2.81. The number of rotatable bonds is 5. The number of aryl methyl sites for hydroxylation is 1. The summed E-state index contributed by atoms with van der Waals surface area (Å²) in [6.07, 6.45) is 0.373. The van der Waals surface area contributed by atoms with E-state index in [1.807, 2.05) is 55.5 Å². The van der Waals surface area contributed by atoms with Crippen molar-refractivity contribution in [2.45, 2.75) is 26.8 Å². The SMILES string of the molecule is CC(=O)Nc1cccc(CNC(=O)Cc2ccccc2C)c1. The van der Waals surface area contributed by atoms with Crippen LogP contribution >= 0.6 is 0 Å². The molecule has 2 aromatic rings. The lowest BCUT2D eigenvalue weighted by atomic mass is 10.1. The molecule has 0 aromatic heterocycles. The smallest absolute Gasteiger partial charge is 0.224 e. The quantitative estimate of drug-likeness (QED) is 0.891. The molecule has 0 aliphatic rings. The maximum Gasteiger partial charge on any atom is 0.224 e. The summed E-state index contributed by atoms with van der Waals surface area (Å²) < 4.78 is 0. The summed E-state index contributed by atoms with van der Waals surface area (Å²) in [6, 6.07) is 15.3. The first-order chi connectivity index (χ1) is 10.5. The van der Waals surface area contributed by atoms with E-state index < -0.39 is 0 Å². The van der Waals surface area contributed by atoms with E-state index >= 15 is 0 Å². The van der Waals surface area contributed by atoms with Gasteiger partial charge >= 0.3 is 0 Å². The third-order valence-electron chi connectivity index (χ3n) is 3.35. The molecule has 0 aliphatic carbocycles. The van der Waals surface area contributed by atoms with Gasteiger partial charge in [-0.2, -0.15) is 0 Å². The van der Waals surface area contributed by atoms with Crippen molar-refractivity contribution in [3.63, 3.8) is 0 Å². The molecular formula is C18H20N2O2. The Kier molecular flexibility index (Phi) is 5.31. The molecular weight excluding hydrogens is 276 g/mol. The normalized spacial score (nSPS) is 10.1. The molecule has 0 bridgehead atoms. The third kappa shape index (κ3) is 4.74. The molecule has 0 heterocycles. The molecule has 4 heteroatoms. The van der Waals surface area contributed by atoms with Gasteiger partial charge in [0.05, 0.1) is 6.42 Å². The summed E-state index contributed by atoms with van der Waals surface area (Å²) in [5.74, 6) is -0.125.